The standard InChI is InChI=1S/C17H17NO3/c1-2-3-17(19)12-13-4-6-14(7-5-13)15-8-10-16(11-9-15)18(20)21/h4-11H,2-3,12H2,1H3. The SMILES string of the molecule is CCCC(=O)Cc1ccc(-c2ccc([N+](=O)[O-])cc2)cc1. The molecule has 0 aliphatic rings. The molecule has 0 spiro atoms. The van der Waals surface area contributed by atoms with Crippen LogP contribution in [0.2, 0.25) is 0 Å². The Morgan fingerprint density at radius 2 is 1.52 bits per heavy atom. The minimum Gasteiger partial charge on any atom is -0.299 e. The Balaban J connectivity index is 2.11. The highest BCUT2D eigenvalue weighted by atomic mass is 16.6. The van der Waals surface area contributed by atoms with Crippen LogP contribution in [-0.4, -0.2) is 10.7 Å². The van der Waals surface area contributed by atoms with Crippen molar-refractivity contribution >= 4 is 11.5 Å². The highest BCUT2D eigenvalue weighted by molar-refractivity contribution is 5.81. The number of non-ortho nitro benzene ring substituents is 1. The van der Waals surface area contributed by atoms with Gasteiger partial charge in [-0.15, -0.1) is 0 Å². The average Bonchev–Trinajstić information content (AvgIpc) is 2.48. The Hall–Kier alpha value is -2.49. The number of ketones is 1. The van der Waals surface area contributed by atoms with E-state index >= 15 is 0 Å². The lowest BCUT2D eigenvalue weighted by Crippen LogP contribution is -2.01. The second-order valence-corrected chi connectivity index (χ2v) is 4.97. The van der Waals surface area contributed by atoms with Gasteiger partial charge in [0.25, 0.3) is 5.69 Å². The lowest BCUT2D eigenvalue weighted by atomic mass is 10.0. The van der Waals surface area contributed by atoms with Gasteiger partial charge in [-0.25, -0.2) is 0 Å². The van der Waals surface area contributed by atoms with Gasteiger partial charge in [-0.1, -0.05) is 31.2 Å². The highest BCUT2D eigenvalue weighted by Gasteiger charge is 2.06. The Morgan fingerprint density at radius 3 is 2.00 bits per heavy atom. The van der Waals surface area contributed by atoms with Gasteiger partial charge in [0.2, 0.25) is 0 Å². The van der Waals surface area contributed by atoms with Gasteiger partial charge in [-0.2, -0.15) is 0 Å². The van der Waals surface area contributed by atoms with Gasteiger partial charge in [0, 0.05) is 25.0 Å². The minimum absolute atomic E-state index is 0.0838. The molecule has 0 unspecified atom stereocenters. The van der Waals surface area contributed by atoms with Gasteiger partial charge in [0.15, 0.2) is 0 Å². The van der Waals surface area contributed by atoms with Crippen molar-refractivity contribution in [2.45, 2.75) is 26.2 Å². The molecule has 2 rings (SSSR count). The van der Waals surface area contributed by atoms with Crippen molar-refractivity contribution < 1.29 is 9.72 Å². The monoisotopic (exact) mass is 283 g/mol. The zero-order chi connectivity index (χ0) is 15.2. The molecule has 0 aliphatic carbocycles. The molecule has 0 N–H and O–H groups in total. The van der Waals surface area contributed by atoms with Crippen molar-refractivity contribution in [3.63, 3.8) is 0 Å². The molecule has 2 aromatic rings. The van der Waals surface area contributed by atoms with Crippen molar-refractivity contribution in [1.82, 2.24) is 0 Å². The lowest BCUT2D eigenvalue weighted by Gasteiger charge is -2.04. The molecule has 0 amide bonds. The largest absolute Gasteiger partial charge is 0.299 e. The van der Waals surface area contributed by atoms with Gasteiger partial charge in [-0.05, 0) is 35.2 Å². The van der Waals surface area contributed by atoms with Crippen LogP contribution in [0, 0.1) is 10.1 Å². The summed E-state index contributed by atoms with van der Waals surface area (Å²) in [4.78, 5) is 21.8. The first-order valence-corrected chi connectivity index (χ1v) is 6.95. The topological polar surface area (TPSA) is 60.2 Å². The molecule has 0 fully saturated rings. The van der Waals surface area contributed by atoms with Gasteiger partial charge >= 0.3 is 0 Å². The predicted octanol–water partition coefficient (Wildman–Crippen LogP) is 4.17. The first-order valence-electron chi connectivity index (χ1n) is 6.95. The van der Waals surface area contributed by atoms with E-state index in [1.54, 1.807) is 12.1 Å². The molecule has 0 atom stereocenters. The normalized spacial score (nSPS) is 10.3. The van der Waals surface area contributed by atoms with E-state index in [1.165, 1.54) is 12.1 Å². The number of benzene rings is 2. The fourth-order valence-corrected chi connectivity index (χ4v) is 2.19. The third-order valence-corrected chi connectivity index (χ3v) is 3.30. The molecule has 4 nitrogen and oxygen atoms in total. The molecule has 0 saturated carbocycles. The third kappa shape index (κ3) is 3.99. The minimum atomic E-state index is -0.410. The Bertz CT molecular complexity index is 630. The molecule has 0 bridgehead atoms. The molecule has 0 aromatic heterocycles. The van der Waals surface area contributed by atoms with Crippen LogP contribution < -0.4 is 0 Å². The number of rotatable bonds is 6. The summed E-state index contributed by atoms with van der Waals surface area (Å²) in [6.45, 7) is 2.00. The zero-order valence-electron chi connectivity index (χ0n) is 11.9. The number of nitrogens with zero attached hydrogens (tertiary/aromatic N) is 1. The fraction of sp³-hybridized carbons (Fsp3) is 0.235. The van der Waals surface area contributed by atoms with Gasteiger partial charge in [0.1, 0.15) is 5.78 Å². The van der Waals surface area contributed by atoms with Crippen LogP contribution in [0.3, 0.4) is 0 Å². The molecule has 108 valence electrons. The Morgan fingerprint density at radius 1 is 1.00 bits per heavy atom. The average molecular weight is 283 g/mol. The Labute approximate surface area is 123 Å². The fourth-order valence-electron chi connectivity index (χ4n) is 2.19. The van der Waals surface area contributed by atoms with E-state index in [2.05, 4.69) is 0 Å². The van der Waals surface area contributed by atoms with Crippen molar-refractivity contribution in [2.24, 2.45) is 0 Å². The molecule has 0 radical (unpaired) electrons. The van der Waals surface area contributed by atoms with E-state index < -0.39 is 4.92 Å². The summed E-state index contributed by atoms with van der Waals surface area (Å²) in [5.74, 6) is 0.251. The second-order valence-electron chi connectivity index (χ2n) is 4.97. The summed E-state index contributed by atoms with van der Waals surface area (Å²) in [6, 6.07) is 14.2. The molecule has 0 heterocycles. The summed E-state index contributed by atoms with van der Waals surface area (Å²) in [5.41, 5.74) is 2.99. The summed E-state index contributed by atoms with van der Waals surface area (Å²) < 4.78 is 0. The van der Waals surface area contributed by atoms with Crippen LogP contribution in [0.5, 0.6) is 0 Å². The summed E-state index contributed by atoms with van der Waals surface area (Å²) in [5, 5.41) is 10.6. The third-order valence-electron chi connectivity index (χ3n) is 3.30. The van der Waals surface area contributed by atoms with Gasteiger partial charge in [-0.3, -0.25) is 14.9 Å². The molecule has 0 aliphatic heterocycles. The van der Waals surface area contributed by atoms with Crippen LogP contribution in [0.25, 0.3) is 11.1 Å². The summed E-state index contributed by atoms with van der Waals surface area (Å²) >= 11 is 0. The first-order chi connectivity index (χ1) is 10.1. The number of carbonyl (C=O) groups excluding carboxylic acids is 1. The van der Waals surface area contributed by atoms with E-state index in [4.69, 9.17) is 0 Å². The van der Waals surface area contributed by atoms with E-state index in [0.29, 0.717) is 12.8 Å². The lowest BCUT2D eigenvalue weighted by molar-refractivity contribution is -0.384. The maximum Gasteiger partial charge on any atom is 0.269 e. The number of Topliss-reactive ketones (excluding diaryl/α,β-unsaturated/α-hetero) is 1. The number of hydrogen-bond acceptors (Lipinski definition) is 3. The van der Waals surface area contributed by atoms with Crippen molar-refractivity contribution in [1.29, 1.82) is 0 Å². The maximum absolute atomic E-state index is 11.6. The van der Waals surface area contributed by atoms with Gasteiger partial charge in [0.05, 0.1) is 4.92 Å². The van der Waals surface area contributed by atoms with E-state index in [1.807, 2.05) is 31.2 Å². The van der Waals surface area contributed by atoms with Crippen LogP contribution in [0.15, 0.2) is 48.5 Å². The summed E-state index contributed by atoms with van der Waals surface area (Å²) in [6.07, 6.45) is 1.96. The number of nitro groups is 1. The van der Waals surface area contributed by atoms with Gasteiger partial charge < -0.3 is 0 Å². The van der Waals surface area contributed by atoms with E-state index in [0.717, 1.165) is 23.1 Å². The molecule has 21 heavy (non-hydrogen) atoms. The van der Waals surface area contributed by atoms with E-state index in [-0.39, 0.29) is 11.5 Å². The van der Waals surface area contributed by atoms with Crippen molar-refractivity contribution in [3.05, 3.63) is 64.2 Å². The quantitative estimate of drug-likeness (QED) is 0.590. The number of nitro benzene ring substituents is 1. The van der Waals surface area contributed by atoms with Crippen LogP contribution in [0.4, 0.5) is 5.69 Å². The molecule has 0 saturated heterocycles. The molecular weight excluding hydrogens is 266 g/mol. The highest BCUT2D eigenvalue weighted by Crippen LogP contribution is 2.23. The summed E-state index contributed by atoms with van der Waals surface area (Å²) in [7, 11) is 0. The second kappa shape index (κ2) is 6.79. The van der Waals surface area contributed by atoms with E-state index in [9.17, 15) is 14.9 Å². The van der Waals surface area contributed by atoms with Crippen LogP contribution >= 0.6 is 0 Å². The van der Waals surface area contributed by atoms with Crippen LogP contribution in [0.1, 0.15) is 25.3 Å². The first kappa shape index (κ1) is 14.9. The smallest absolute Gasteiger partial charge is 0.269 e. The van der Waals surface area contributed by atoms with Crippen molar-refractivity contribution in [3.8, 4) is 11.1 Å². The number of hydrogen-bond donors (Lipinski definition) is 0. The molecule has 2 aromatic carbocycles. The number of carbonyl (C=O) groups is 1. The zero-order valence-corrected chi connectivity index (χ0v) is 11.9. The van der Waals surface area contributed by atoms with Crippen LogP contribution in [-0.2, 0) is 11.2 Å². The maximum atomic E-state index is 11.6. The Kier molecular flexibility index (Phi) is 4.82. The molecular formula is C17H17NO3. The molecule has 4 heteroatoms. The van der Waals surface area contributed by atoms with Crippen molar-refractivity contribution in [2.75, 3.05) is 0 Å². The predicted molar refractivity (Wildman–Crippen MR) is 82.2 cm³/mol.